The van der Waals surface area contributed by atoms with Crippen molar-refractivity contribution in [2.24, 2.45) is 0 Å². The van der Waals surface area contributed by atoms with Gasteiger partial charge in [0, 0.05) is 38.1 Å². The van der Waals surface area contributed by atoms with E-state index in [1.807, 2.05) is 0 Å². The number of aromatic nitrogens is 3. The number of likely N-dealkylation sites (N-methyl/N-ethyl adjacent to an activating group) is 1. The molecule has 1 aliphatic carbocycles. The highest BCUT2D eigenvalue weighted by Gasteiger charge is 2.18. The predicted molar refractivity (Wildman–Crippen MR) is 131 cm³/mol. The lowest BCUT2D eigenvalue weighted by Gasteiger charge is -2.24. The summed E-state index contributed by atoms with van der Waals surface area (Å²) in [7, 11) is 2.11. The van der Waals surface area contributed by atoms with Gasteiger partial charge in [0.2, 0.25) is 5.95 Å². The number of nitrogens with one attached hydrogen (secondary N) is 2. The van der Waals surface area contributed by atoms with Crippen molar-refractivity contribution in [1.29, 1.82) is 0 Å². The van der Waals surface area contributed by atoms with E-state index in [2.05, 4.69) is 39.5 Å². The molecule has 0 unspecified atom stereocenters. The number of morpholine rings is 1. The largest absolute Gasteiger partial charge is 0.379 e. The number of hydrogen-bond donors (Lipinski definition) is 2. The third kappa shape index (κ3) is 7.79. The number of carbonyl (C=O) groups excluding carboxylic acids is 1. The van der Waals surface area contributed by atoms with Gasteiger partial charge in [-0.2, -0.15) is 4.98 Å². The van der Waals surface area contributed by atoms with Crippen molar-refractivity contribution in [3.8, 4) is 10.6 Å². The number of thiazole rings is 1. The maximum atomic E-state index is 11.0. The summed E-state index contributed by atoms with van der Waals surface area (Å²) in [6, 6.07) is 0.441. The Labute approximate surface area is 195 Å². The van der Waals surface area contributed by atoms with Gasteiger partial charge in [-0.05, 0) is 26.3 Å². The Morgan fingerprint density at radius 2 is 1.97 bits per heavy atom. The molecule has 3 heterocycles. The van der Waals surface area contributed by atoms with Crippen LogP contribution in [-0.4, -0.2) is 72.1 Å². The third-order valence-electron chi connectivity index (χ3n) is 5.65. The number of rotatable bonds is 8. The van der Waals surface area contributed by atoms with Crippen molar-refractivity contribution in [3.63, 3.8) is 0 Å². The van der Waals surface area contributed by atoms with E-state index in [0.717, 1.165) is 68.4 Å². The minimum absolute atomic E-state index is 0.441. The lowest BCUT2D eigenvalue weighted by atomic mass is 9.95. The van der Waals surface area contributed by atoms with E-state index in [0.29, 0.717) is 16.9 Å². The highest BCUT2D eigenvalue weighted by atomic mass is 32.1. The molecule has 0 bridgehead atoms. The summed E-state index contributed by atoms with van der Waals surface area (Å²) < 4.78 is 5.10. The van der Waals surface area contributed by atoms with Crippen LogP contribution in [0.1, 0.15) is 61.5 Å². The average molecular weight is 461 g/mol. The first kappa shape index (κ1) is 24.5. The molecule has 8 nitrogen and oxygen atoms in total. The van der Waals surface area contributed by atoms with Crippen LogP contribution >= 0.6 is 11.3 Å². The van der Waals surface area contributed by atoms with Crippen molar-refractivity contribution in [1.82, 2.24) is 19.9 Å². The molecule has 0 aromatic carbocycles. The van der Waals surface area contributed by atoms with Crippen molar-refractivity contribution in [2.45, 2.75) is 57.9 Å². The molecule has 2 N–H and O–H groups in total. The van der Waals surface area contributed by atoms with E-state index < -0.39 is 0 Å². The molecule has 1 saturated carbocycles. The monoisotopic (exact) mass is 460 g/mol. The molecule has 2 aromatic heterocycles. The van der Waals surface area contributed by atoms with Gasteiger partial charge in [-0.15, -0.1) is 11.3 Å². The fraction of sp³-hybridized carbons (Fsp3) is 0.652. The molecule has 9 heteroatoms. The Balaban J connectivity index is 0.000000352. The molecule has 0 spiro atoms. The summed E-state index contributed by atoms with van der Waals surface area (Å²) in [5.41, 5.74) is 0.865. The second-order valence-corrected chi connectivity index (χ2v) is 9.38. The lowest BCUT2D eigenvalue weighted by Crippen LogP contribution is -2.32. The maximum absolute atomic E-state index is 11.0. The molecule has 0 amide bonds. The molecule has 2 fully saturated rings. The van der Waals surface area contributed by atoms with Crippen LogP contribution in [0.3, 0.4) is 0 Å². The van der Waals surface area contributed by atoms with Crippen molar-refractivity contribution < 1.29 is 9.53 Å². The van der Waals surface area contributed by atoms with Gasteiger partial charge in [0.1, 0.15) is 10.8 Å². The maximum Gasteiger partial charge on any atom is 0.224 e. The zero-order valence-corrected chi connectivity index (χ0v) is 20.1. The molecule has 4 rings (SSSR count). The Bertz CT molecular complexity index is 819. The molecule has 32 heavy (non-hydrogen) atoms. The number of unbranched alkanes of at least 4 members (excludes halogenated alkanes) is 1. The number of nitrogens with zero attached hydrogens (tertiary/aromatic N) is 4. The molecule has 0 atom stereocenters. The quantitative estimate of drug-likeness (QED) is 0.445. The first-order valence-electron chi connectivity index (χ1n) is 11.7. The summed E-state index contributed by atoms with van der Waals surface area (Å²) in [6.45, 7) is 7.05. The second-order valence-electron chi connectivity index (χ2n) is 8.32. The highest BCUT2D eigenvalue weighted by Crippen LogP contribution is 2.32. The number of hydrogen-bond acceptors (Lipinski definition) is 9. The van der Waals surface area contributed by atoms with Gasteiger partial charge in [0.25, 0.3) is 0 Å². The summed E-state index contributed by atoms with van der Waals surface area (Å²) in [6.07, 6.45) is 12.6. The molecular weight excluding hydrogens is 424 g/mol. The van der Waals surface area contributed by atoms with Gasteiger partial charge in [0.05, 0.1) is 23.7 Å². The van der Waals surface area contributed by atoms with E-state index in [1.165, 1.54) is 43.4 Å². The van der Waals surface area contributed by atoms with Crippen LogP contribution in [-0.2, 0) is 4.74 Å². The number of carbonyl (C=O) groups is 1. The molecule has 2 aliphatic rings. The lowest BCUT2D eigenvalue weighted by molar-refractivity contribution is 0.0503. The molecule has 0 radical (unpaired) electrons. The van der Waals surface area contributed by atoms with Gasteiger partial charge in [-0.25, -0.2) is 9.97 Å². The normalized spacial score (nSPS) is 17.3. The highest BCUT2D eigenvalue weighted by molar-refractivity contribution is 7.16. The van der Waals surface area contributed by atoms with Crippen molar-refractivity contribution >= 4 is 29.4 Å². The summed E-state index contributed by atoms with van der Waals surface area (Å²) in [4.78, 5) is 27.3. The molecule has 176 valence electrons. The predicted octanol–water partition coefficient (Wildman–Crippen LogP) is 4.32. The standard InChI is InChI=1S/C18H25N5OS.C5H11NO/c1-2-3-9-19-18-21-11-15(17-20-10-14(12-24)25-17)16(23-18)22-13-7-5-4-6-8-13;1-6-2-4-7-5-3-6/h10-13H,2-9H2,1H3,(H2,19,21,22,23);2-5H2,1H3. The Kier molecular flexibility index (Phi) is 10.3. The molecule has 2 aromatic rings. The zero-order chi connectivity index (χ0) is 22.6. The summed E-state index contributed by atoms with van der Waals surface area (Å²) >= 11 is 1.37. The first-order chi connectivity index (χ1) is 15.7. The number of aldehydes is 1. The second kappa shape index (κ2) is 13.4. The number of anilines is 2. The van der Waals surface area contributed by atoms with E-state index in [-0.39, 0.29) is 0 Å². The van der Waals surface area contributed by atoms with Gasteiger partial charge in [-0.1, -0.05) is 32.6 Å². The Morgan fingerprint density at radius 1 is 1.19 bits per heavy atom. The van der Waals surface area contributed by atoms with Gasteiger partial charge in [-0.3, -0.25) is 4.79 Å². The van der Waals surface area contributed by atoms with Gasteiger partial charge >= 0.3 is 0 Å². The Morgan fingerprint density at radius 3 is 2.59 bits per heavy atom. The summed E-state index contributed by atoms with van der Waals surface area (Å²) in [5, 5.41) is 7.65. The van der Waals surface area contributed by atoms with Crippen LogP contribution in [0.4, 0.5) is 11.8 Å². The average Bonchev–Trinajstić information content (AvgIpc) is 3.30. The van der Waals surface area contributed by atoms with Crippen molar-refractivity contribution in [3.05, 3.63) is 17.3 Å². The van der Waals surface area contributed by atoms with Crippen LogP contribution in [0.25, 0.3) is 10.6 Å². The third-order valence-corrected chi connectivity index (χ3v) is 6.61. The fourth-order valence-electron chi connectivity index (χ4n) is 3.67. The Hall–Kier alpha value is -2.10. The van der Waals surface area contributed by atoms with Gasteiger partial charge in [0.15, 0.2) is 6.29 Å². The van der Waals surface area contributed by atoms with Gasteiger partial charge < -0.3 is 20.3 Å². The SMILES string of the molecule is CCCCNc1ncc(-c2ncc(C=O)s2)c(NC2CCCCC2)n1.CN1CCOCC1. The van der Waals surface area contributed by atoms with Crippen LogP contribution in [0.15, 0.2) is 12.4 Å². The van der Waals surface area contributed by atoms with E-state index >= 15 is 0 Å². The van der Waals surface area contributed by atoms with Crippen LogP contribution < -0.4 is 10.6 Å². The first-order valence-corrected chi connectivity index (χ1v) is 12.6. The minimum Gasteiger partial charge on any atom is -0.379 e. The van der Waals surface area contributed by atoms with Crippen molar-refractivity contribution in [2.75, 3.05) is 50.5 Å². The van der Waals surface area contributed by atoms with Crippen LogP contribution in [0.5, 0.6) is 0 Å². The van der Waals surface area contributed by atoms with E-state index in [1.54, 1.807) is 12.4 Å². The molecular formula is C23H36N6O2S. The smallest absolute Gasteiger partial charge is 0.224 e. The van der Waals surface area contributed by atoms with Crippen LogP contribution in [0, 0.1) is 0 Å². The fourth-order valence-corrected chi connectivity index (χ4v) is 4.41. The minimum atomic E-state index is 0.441. The molecule has 1 aliphatic heterocycles. The number of ether oxygens (including phenoxy) is 1. The van der Waals surface area contributed by atoms with E-state index in [9.17, 15) is 4.79 Å². The summed E-state index contributed by atoms with van der Waals surface area (Å²) in [5.74, 6) is 1.45. The van der Waals surface area contributed by atoms with E-state index in [4.69, 9.17) is 9.72 Å². The molecule has 1 saturated heterocycles. The topological polar surface area (TPSA) is 92.3 Å². The van der Waals surface area contributed by atoms with Crippen LogP contribution in [0.2, 0.25) is 0 Å². The zero-order valence-electron chi connectivity index (χ0n) is 19.3.